The van der Waals surface area contributed by atoms with Crippen LogP contribution in [0.4, 0.5) is 0 Å². The number of nitrogens with zero attached hydrogens (tertiary/aromatic N) is 4. The van der Waals surface area contributed by atoms with Crippen LogP contribution in [0.15, 0.2) is 23.4 Å². The molecule has 1 aromatic carbocycles. The van der Waals surface area contributed by atoms with Crippen LogP contribution >= 0.6 is 11.8 Å². The number of carbonyl (C=O) groups is 1. The number of thioether (sulfide) groups is 1. The Balaban J connectivity index is 1.65. The van der Waals surface area contributed by atoms with Crippen LogP contribution in [-0.2, 0) is 4.79 Å². The van der Waals surface area contributed by atoms with Crippen LogP contribution in [0.3, 0.4) is 0 Å². The molecule has 2 aromatic rings. The molecule has 1 amide bonds. The summed E-state index contributed by atoms with van der Waals surface area (Å²) < 4.78 is 1.68. The number of aromatic nitrogens is 4. The Bertz CT molecular complexity index is 690. The molecule has 0 radical (unpaired) electrons. The number of aryl methyl sites for hydroxylation is 2. The maximum Gasteiger partial charge on any atom is 0.230 e. The van der Waals surface area contributed by atoms with Crippen molar-refractivity contribution >= 4 is 17.7 Å². The molecule has 7 heteroatoms. The number of benzene rings is 1. The molecule has 1 atom stereocenters. The number of hydrogen-bond donors (Lipinski definition) is 1. The fourth-order valence-corrected chi connectivity index (χ4v) is 3.35. The SMILES string of the molecule is Cc1cc(C)cc(-n2nnnc2SCC(=O)N[C@H](C)C2CC2)c1. The van der Waals surface area contributed by atoms with E-state index in [2.05, 4.69) is 33.8 Å². The average molecular weight is 331 g/mol. The number of amides is 1. The summed E-state index contributed by atoms with van der Waals surface area (Å²) >= 11 is 1.36. The molecule has 1 N–H and O–H groups in total. The van der Waals surface area contributed by atoms with E-state index in [4.69, 9.17) is 0 Å². The van der Waals surface area contributed by atoms with Crippen LogP contribution in [-0.4, -0.2) is 37.9 Å². The summed E-state index contributed by atoms with van der Waals surface area (Å²) in [4.78, 5) is 12.0. The number of rotatable bonds is 6. The van der Waals surface area contributed by atoms with Crippen LogP contribution in [0.25, 0.3) is 5.69 Å². The molecule has 0 bridgehead atoms. The van der Waals surface area contributed by atoms with E-state index < -0.39 is 0 Å². The third kappa shape index (κ3) is 4.10. The van der Waals surface area contributed by atoms with Gasteiger partial charge in [0.2, 0.25) is 11.1 Å². The Kier molecular flexibility index (Phi) is 4.66. The summed E-state index contributed by atoms with van der Waals surface area (Å²) in [7, 11) is 0. The normalized spacial score (nSPS) is 15.4. The van der Waals surface area contributed by atoms with Gasteiger partial charge in [-0.25, -0.2) is 0 Å². The number of tetrazole rings is 1. The third-order valence-corrected chi connectivity index (χ3v) is 4.86. The van der Waals surface area contributed by atoms with Crippen molar-refractivity contribution in [3.05, 3.63) is 29.3 Å². The minimum atomic E-state index is 0.0318. The zero-order valence-corrected chi connectivity index (χ0v) is 14.4. The molecule has 6 nitrogen and oxygen atoms in total. The lowest BCUT2D eigenvalue weighted by Crippen LogP contribution is -2.35. The molecule has 1 fully saturated rings. The molecule has 122 valence electrons. The molecule has 0 spiro atoms. The van der Waals surface area contributed by atoms with Crippen LogP contribution in [0.1, 0.15) is 30.9 Å². The Morgan fingerprint density at radius 1 is 1.35 bits per heavy atom. The summed E-state index contributed by atoms with van der Waals surface area (Å²) in [5.41, 5.74) is 3.23. The van der Waals surface area contributed by atoms with Crippen LogP contribution in [0.5, 0.6) is 0 Å². The Morgan fingerprint density at radius 3 is 2.70 bits per heavy atom. The zero-order chi connectivity index (χ0) is 16.4. The highest BCUT2D eigenvalue weighted by molar-refractivity contribution is 7.99. The van der Waals surface area contributed by atoms with Crippen molar-refractivity contribution in [3.8, 4) is 5.69 Å². The summed E-state index contributed by atoms with van der Waals surface area (Å²) in [6.45, 7) is 6.15. The second kappa shape index (κ2) is 6.70. The summed E-state index contributed by atoms with van der Waals surface area (Å²) in [6, 6.07) is 6.43. The van der Waals surface area contributed by atoms with Crippen LogP contribution in [0, 0.1) is 19.8 Å². The molecule has 1 aliphatic rings. The van der Waals surface area contributed by atoms with Crippen molar-refractivity contribution in [1.82, 2.24) is 25.5 Å². The van der Waals surface area contributed by atoms with E-state index >= 15 is 0 Å². The van der Waals surface area contributed by atoms with Gasteiger partial charge >= 0.3 is 0 Å². The molecule has 3 rings (SSSR count). The highest BCUT2D eigenvalue weighted by atomic mass is 32.2. The second-order valence-electron chi connectivity index (χ2n) is 6.20. The lowest BCUT2D eigenvalue weighted by molar-refractivity contribution is -0.119. The van der Waals surface area contributed by atoms with Crippen LogP contribution in [0.2, 0.25) is 0 Å². The molecule has 23 heavy (non-hydrogen) atoms. The van der Waals surface area contributed by atoms with E-state index in [1.54, 1.807) is 4.68 Å². The molecule has 1 saturated carbocycles. The first-order valence-corrected chi connectivity index (χ1v) is 8.80. The van der Waals surface area contributed by atoms with Crippen molar-refractivity contribution < 1.29 is 4.79 Å². The highest BCUT2D eigenvalue weighted by Crippen LogP contribution is 2.32. The second-order valence-corrected chi connectivity index (χ2v) is 7.14. The number of carbonyl (C=O) groups excluding carboxylic acids is 1. The van der Waals surface area contributed by atoms with E-state index in [0.717, 1.165) is 16.8 Å². The summed E-state index contributed by atoms with van der Waals surface area (Å²) in [5.74, 6) is 1.01. The van der Waals surface area contributed by atoms with Gasteiger partial charge in [0.15, 0.2) is 0 Å². The number of nitrogens with one attached hydrogen (secondary N) is 1. The van der Waals surface area contributed by atoms with Gasteiger partial charge in [-0.15, -0.1) is 5.10 Å². The lowest BCUT2D eigenvalue weighted by Gasteiger charge is -2.12. The first kappa shape index (κ1) is 16.0. The lowest BCUT2D eigenvalue weighted by atomic mass is 10.1. The van der Waals surface area contributed by atoms with E-state index in [0.29, 0.717) is 16.8 Å². The van der Waals surface area contributed by atoms with E-state index in [1.807, 2.05) is 26.0 Å². The Hall–Kier alpha value is -1.89. The van der Waals surface area contributed by atoms with Gasteiger partial charge in [0.25, 0.3) is 0 Å². The monoisotopic (exact) mass is 331 g/mol. The van der Waals surface area contributed by atoms with E-state index in [1.165, 1.54) is 24.6 Å². The standard InChI is InChI=1S/C16H21N5OS/c1-10-6-11(2)8-14(7-10)21-16(18-19-20-21)23-9-15(22)17-12(3)13-4-5-13/h6-8,12-13H,4-5,9H2,1-3H3,(H,17,22)/t12-/m1/s1. The van der Waals surface area contributed by atoms with Crippen molar-refractivity contribution in [3.63, 3.8) is 0 Å². The van der Waals surface area contributed by atoms with Crippen molar-refractivity contribution in [2.45, 2.75) is 44.8 Å². The molecule has 0 unspecified atom stereocenters. The summed E-state index contributed by atoms with van der Waals surface area (Å²) in [6.07, 6.45) is 2.44. The third-order valence-electron chi connectivity index (χ3n) is 3.94. The van der Waals surface area contributed by atoms with Gasteiger partial charge < -0.3 is 5.32 Å². The number of hydrogen-bond acceptors (Lipinski definition) is 5. The topological polar surface area (TPSA) is 72.7 Å². The fraction of sp³-hybridized carbons (Fsp3) is 0.500. The quantitative estimate of drug-likeness (QED) is 0.822. The van der Waals surface area contributed by atoms with Gasteiger partial charge in [-0.05, 0) is 73.2 Å². The molecular weight excluding hydrogens is 310 g/mol. The fourth-order valence-electron chi connectivity index (χ4n) is 2.64. The zero-order valence-electron chi connectivity index (χ0n) is 13.6. The van der Waals surface area contributed by atoms with E-state index in [-0.39, 0.29) is 11.9 Å². The van der Waals surface area contributed by atoms with Gasteiger partial charge in [0.1, 0.15) is 0 Å². The van der Waals surface area contributed by atoms with Gasteiger partial charge in [-0.3, -0.25) is 4.79 Å². The van der Waals surface area contributed by atoms with Gasteiger partial charge in [-0.2, -0.15) is 4.68 Å². The smallest absolute Gasteiger partial charge is 0.230 e. The minimum Gasteiger partial charge on any atom is -0.353 e. The predicted molar refractivity (Wildman–Crippen MR) is 89.7 cm³/mol. The molecular formula is C16H21N5OS. The molecule has 0 saturated heterocycles. The molecule has 1 aliphatic carbocycles. The first-order valence-electron chi connectivity index (χ1n) is 7.82. The largest absolute Gasteiger partial charge is 0.353 e. The average Bonchev–Trinajstić information content (AvgIpc) is 3.23. The van der Waals surface area contributed by atoms with E-state index in [9.17, 15) is 4.79 Å². The Morgan fingerprint density at radius 2 is 2.04 bits per heavy atom. The Labute approximate surface area is 140 Å². The van der Waals surface area contributed by atoms with Gasteiger partial charge in [0.05, 0.1) is 11.4 Å². The molecule has 1 aromatic heterocycles. The molecule has 0 aliphatic heterocycles. The maximum absolute atomic E-state index is 12.0. The maximum atomic E-state index is 12.0. The van der Waals surface area contributed by atoms with Crippen molar-refractivity contribution in [1.29, 1.82) is 0 Å². The molecule has 1 heterocycles. The summed E-state index contributed by atoms with van der Waals surface area (Å²) in [5, 5.41) is 15.5. The van der Waals surface area contributed by atoms with Crippen molar-refractivity contribution in [2.75, 3.05) is 5.75 Å². The van der Waals surface area contributed by atoms with Crippen LogP contribution < -0.4 is 5.32 Å². The van der Waals surface area contributed by atoms with Gasteiger partial charge in [0, 0.05) is 6.04 Å². The minimum absolute atomic E-state index is 0.0318. The van der Waals surface area contributed by atoms with Gasteiger partial charge in [-0.1, -0.05) is 17.8 Å². The highest BCUT2D eigenvalue weighted by Gasteiger charge is 2.28. The predicted octanol–water partition coefficient (Wildman–Crippen LogP) is 2.29. The first-order chi connectivity index (χ1) is 11.0. The van der Waals surface area contributed by atoms with Crippen molar-refractivity contribution in [2.24, 2.45) is 5.92 Å².